The highest BCUT2D eigenvalue weighted by molar-refractivity contribution is 6.12. The van der Waals surface area contributed by atoms with Crippen LogP contribution in [0.3, 0.4) is 0 Å². The minimum atomic E-state index is -0.412. The fraction of sp³-hybridized carbons (Fsp3) is 0.500. The summed E-state index contributed by atoms with van der Waals surface area (Å²) >= 11 is 0. The van der Waals surface area contributed by atoms with Crippen molar-refractivity contribution >= 4 is 11.9 Å². The van der Waals surface area contributed by atoms with Gasteiger partial charge in [-0.25, -0.2) is 9.59 Å². The molecule has 0 amide bonds. The van der Waals surface area contributed by atoms with E-state index in [1.807, 2.05) is 0 Å². The summed E-state index contributed by atoms with van der Waals surface area (Å²) in [5, 5.41) is 4.67. The van der Waals surface area contributed by atoms with Crippen LogP contribution in [0.1, 0.15) is 49.7 Å². The molecular weight excluding hydrogens is 300 g/mol. The van der Waals surface area contributed by atoms with Gasteiger partial charge < -0.3 is 4.74 Å². The molecule has 0 saturated carbocycles. The Labute approximate surface area is 131 Å². The number of carbonyl (C=O) groups is 2. The maximum Gasteiger partial charge on any atom is 0.342 e. The molecule has 1 aromatic rings. The van der Waals surface area contributed by atoms with Crippen LogP contribution in [0.2, 0.25) is 0 Å². The number of rotatable bonds is 0. The molecular formula is C16H18N2O5. The fourth-order valence-corrected chi connectivity index (χ4v) is 3.23. The molecule has 7 nitrogen and oxygen atoms in total. The lowest BCUT2D eigenvalue weighted by Crippen LogP contribution is -2.29. The molecule has 0 atom stereocenters. The summed E-state index contributed by atoms with van der Waals surface area (Å²) < 4.78 is 4.46. The van der Waals surface area contributed by atoms with Gasteiger partial charge in [-0.2, -0.15) is 0 Å². The molecule has 7 heteroatoms. The van der Waals surface area contributed by atoms with Crippen molar-refractivity contribution in [2.45, 2.75) is 51.4 Å². The Hall–Kier alpha value is -2.44. The van der Waals surface area contributed by atoms with Gasteiger partial charge >= 0.3 is 11.9 Å². The molecule has 0 spiro atoms. The fourth-order valence-electron chi connectivity index (χ4n) is 3.23. The Balaban J connectivity index is 0.000000136. The summed E-state index contributed by atoms with van der Waals surface area (Å²) in [5.74, 6) is -0.825. The zero-order valence-electron chi connectivity index (χ0n) is 12.7. The van der Waals surface area contributed by atoms with Gasteiger partial charge in [0.05, 0.1) is 0 Å². The highest BCUT2D eigenvalue weighted by atomic mass is 16.6. The maximum absolute atomic E-state index is 11.2. The zero-order valence-corrected chi connectivity index (χ0v) is 12.7. The van der Waals surface area contributed by atoms with Crippen LogP contribution in [0.5, 0.6) is 0 Å². The van der Waals surface area contributed by atoms with E-state index in [1.54, 1.807) is 0 Å². The molecule has 0 fully saturated rings. The molecule has 2 N–H and O–H groups in total. The SMILES string of the molecule is O=C1OC(=O)C2=C1CCCC2.O=c1[nH][nH]c(=O)c2c1CCCC2. The Bertz CT molecular complexity index is 734. The van der Waals surface area contributed by atoms with Gasteiger partial charge in [0, 0.05) is 22.3 Å². The summed E-state index contributed by atoms with van der Waals surface area (Å²) in [5.41, 5.74) is 2.35. The number of hydrogen-bond donors (Lipinski definition) is 2. The van der Waals surface area contributed by atoms with Crippen molar-refractivity contribution in [1.82, 2.24) is 10.2 Å². The third kappa shape index (κ3) is 3.04. The first-order valence-corrected chi connectivity index (χ1v) is 7.89. The number of cyclic esters (lactones) is 2. The topological polar surface area (TPSA) is 109 Å². The average molecular weight is 318 g/mol. The second kappa shape index (κ2) is 6.36. The van der Waals surface area contributed by atoms with Gasteiger partial charge in [0.15, 0.2) is 0 Å². The normalized spacial score (nSPS) is 19.5. The first kappa shape index (κ1) is 15.5. The maximum atomic E-state index is 11.2. The van der Waals surface area contributed by atoms with Crippen molar-refractivity contribution in [1.29, 1.82) is 0 Å². The number of aromatic amines is 2. The van der Waals surface area contributed by atoms with Crippen molar-refractivity contribution in [3.63, 3.8) is 0 Å². The lowest BCUT2D eigenvalue weighted by atomic mass is 9.93. The largest absolute Gasteiger partial charge is 0.386 e. The molecule has 122 valence electrons. The quantitative estimate of drug-likeness (QED) is 0.545. The third-order valence-electron chi connectivity index (χ3n) is 4.45. The number of ether oxygens (including phenoxy) is 1. The Morgan fingerprint density at radius 2 is 1.00 bits per heavy atom. The number of esters is 2. The van der Waals surface area contributed by atoms with Crippen LogP contribution < -0.4 is 11.1 Å². The van der Waals surface area contributed by atoms with Gasteiger partial charge in [0.2, 0.25) is 0 Å². The molecule has 0 saturated heterocycles. The highest BCUT2D eigenvalue weighted by Crippen LogP contribution is 2.30. The first-order valence-electron chi connectivity index (χ1n) is 7.89. The van der Waals surface area contributed by atoms with Gasteiger partial charge in [0.1, 0.15) is 0 Å². The predicted molar refractivity (Wildman–Crippen MR) is 80.9 cm³/mol. The van der Waals surface area contributed by atoms with Crippen molar-refractivity contribution in [2.75, 3.05) is 0 Å². The molecule has 0 unspecified atom stereocenters. The molecule has 4 rings (SSSR count). The van der Waals surface area contributed by atoms with E-state index in [2.05, 4.69) is 14.9 Å². The summed E-state index contributed by atoms with van der Waals surface area (Å²) in [4.78, 5) is 44.2. The molecule has 23 heavy (non-hydrogen) atoms. The molecule has 2 aliphatic carbocycles. The lowest BCUT2D eigenvalue weighted by Gasteiger charge is -2.11. The van der Waals surface area contributed by atoms with E-state index >= 15 is 0 Å². The van der Waals surface area contributed by atoms with Crippen LogP contribution in [0.4, 0.5) is 0 Å². The van der Waals surface area contributed by atoms with Crippen molar-refractivity contribution in [3.05, 3.63) is 43.0 Å². The molecule has 0 radical (unpaired) electrons. The summed E-state index contributed by atoms with van der Waals surface area (Å²) in [7, 11) is 0. The van der Waals surface area contributed by atoms with Gasteiger partial charge in [0.25, 0.3) is 11.1 Å². The van der Waals surface area contributed by atoms with E-state index in [4.69, 9.17) is 0 Å². The number of hydrogen-bond acceptors (Lipinski definition) is 5. The van der Waals surface area contributed by atoms with Crippen LogP contribution in [-0.4, -0.2) is 22.1 Å². The number of nitrogens with one attached hydrogen (secondary N) is 2. The van der Waals surface area contributed by atoms with E-state index in [0.717, 1.165) is 51.4 Å². The zero-order chi connectivity index (χ0) is 16.4. The Kier molecular flexibility index (Phi) is 4.27. The van der Waals surface area contributed by atoms with Crippen molar-refractivity contribution in [3.8, 4) is 0 Å². The van der Waals surface area contributed by atoms with Crippen LogP contribution in [0.25, 0.3) is 0 Å². The summed E-state index contributed by atoms with van der Waals surface area (Å²) in [6.45, 7) is 0. The van der Waals surface area contributed by atoms with Crippen LogP contribution in [0, 0.1) is 0 Å². The van der Waals surface area contributed by atoms with E-state index in [-0.39, 0.29) is 11.1 Å². The molecule has 0 bridgehead atoms. The van der Waals surface area contributed by atoms with Gasteiger partial charge in [-0.1, -0.05) is 0 Å². The summed E-state index contributed by atoms with van der Waals surface area (Å²) in [6, 6.07) is 0. The third-order valence-corrected chi connectivity index (χ3v) is 4.45. The minimum absolute atomic E-state index is 0.135. The first-order chi connectivity index (χ1) is 11.1. The van der Waals surface area contributed by atoms with Gasteiger partial charge in [-0.3, -0.25) is 19.8 Å². The van der Waals surface area contributed by atoms with E-state index in [0.29, 0.717) is 22.3 Å². The van der Waals surface area contributed by atoms with Crippen molar-refractivity contribution in [2.24, 2.45) is 0 Å². The number of carbonyl (C=O) groups excluding carboxylic acids is 2. The second-order valence-electron chi connectivity index (χ2n) is 5.91. The van der Waals surface area contributed by atoms with Crippen LogP contribution in [-0.2, 0) is 27.2 Å². The van der Waals surface area contributed by atoms with Gasteiger partial charge in [-0.15, -0.1) is 0 Å². The molecule has 0 aromatic carbocycles. The number of aromatic nitrogens is 2. The molecule has 2 heterocycles. The smallest absolute Gasteiger partial charge is 0.342 e. The minimum Gasteiger partial charge on any atom is -0.386 e. The standard InChI is InChI=1S/C8H10N2O2.C8H8O3/c11-7-5-3-1-2-4-6(5)8(12)10-9-7;9-7-5-3-1-2-4-6(5)8(10)11-7/h1-4H2,(H,9,11)(H,10,12);1-4H2. The van der Waals surface area contributed by atoms with Crippen LogP contribution >= 0.6 is 0 Å². The second-order valence-corrected chi connectivity index (χ2v) is 5.91. The van der Waals surface area contributed by atoms with E-state index in [1.165, 1.54) is 0 Å². The predicted octanol–water partition coefficient (Wildman–Crippen LogP) is 0.882. The lowest BCUT2D eigenvalue weighted by molar-refractivity contribution is -0.151. The Morgan fingerprint density at radius 1 is 0.609 bits per heavy atom. The molecule has 1 aromatic heterocycles. The van der Waals surface area contributed by atoms with Crippen LogP contribution in [0.15, 0.2) is 20.7 Å². The molecule has 1 aliphatic heterocycles. The number of fused-ring (bicyclic) bond motifs is 1. The molecule has 3 aliphatic rings. The van der Waals surface area contributed by atoms with Crippen molar-refractivity contribution < 1.29 is 14.3 Å². The average Bonchev–Trinajstić information content (AvgIpc) is 2.87. The Morgan fingerprint density at radius 3 is 1.43 bits per heavy atom. The highest BCUT2D eigenvalue weighted by Gasteiger charge is 2.33. The monoisotopic (exact) mass is 318 g/mol. The van der Waals surface area contributed by atoms with E-state index in [9.17, 15) is 19.2 Å². The van der Waals surface area contributed by atoms with E-state index < -0.39 is 11.9 Å². The number of H-pyrrole nitrogens is 2. The van der Waals surface area contributed by atoms with Gasteiger partial charge in [-0.05, 0) is 51.4 Å². The summed E-state index contributed by atoms with van der Waals surface area (Å²) in [6.07, 6.45) is 6.96.